The van der Waals surface area contributed by atoms with Crippen LogP contribution in [0.2, 0.25) is 0 Å². The summed E-state index contributed by atoms with van der Waals surface area (Å²) < 4.78 is 119. The molecule has 2 aromatic carbocycles. The van der Waals surface area contributed by atoms with Crippen LogP contribution in [0.5, 0.6) is 0 Å². The fourth-order valence-corrected chi connectivity index (χ4v) is 9.23. The van der Waals surface area contributed by atoms with Gasteiger partial charge in [0, 0.05) is 67.4 Å². The molecule has 20 heteroatoms. The number of nitrogens with one attached hydrogen (secondary N) is 1. The molecule has 0 saturated carbocycles. The Bertz CT molecular complexity index is 2730. The number of hydrogen-bond acceptors (Lipinski definition) is 9. The Hall–Kier alpha value is -6.44. The molecule has 1 aliphatic heterocycles. The Morgan fingerprint density at radius 3 is 2.28 bits per heavy atom. The third-order valence-electron chi connectivity index (χ3n) is 11.1. The number of nitrogens with two attached hydrogens (primary N) is 1. The van der Waals surface area contributed by atoms with Crippen molar-refractivity contribution < 1.29 is 44.7 Å². The first kappa shape index (κ1) is 40.0. The van der Waals surface area contributed by atoms with Gasteiger partial charge in [0.2, 0.25) is 5.91 Å². The summed E-state index contributed by atoms with van der Waals surface area (Å²) in [5.74, 6) is -11.6. The number of carbonyl (C=O) groups excluding carboxylic acids is 2. The number of allylic oxidation sites excluding steroid dienone is 2. The number of hydrogen-bond donors (Lipinski definition) is 2. The summed E-state index contributed by atoms with van der Waals surface area (Å²) in [5, 5.41) is 6.67. The van der Waals surface area contributed by atoms with E-state index in [2.05, 4.69) is 25.2 Å². The molecule has 0 bridgehead atoms. The van der Waals surface area contributed by atoms with Crippen molar-refractivity contribution in [3.63, 3.8) is 0 Å². The third kappa shape index (κ3) is 7.31. The van der Waals surface area contributed by atoms with E-state index < -0.39 is 88.3 Å². The van der Waals surface area contributed by atoms with E-state index in [1.54, 1.807) is 18.5 Å². The summed E-state index contributed by atoms with van der Waals surface area (Å²) in [4.78, 5) is 44.2. The van der Waals surface area contributed by atoms with E-state index in [0.717, 1.165) is 30.0 Å². The van der Waals surface area contributed by atoms with E-state index in [1.807, 2.05) is 12.1 Å². The number of aromatic nitrogens is 5. The largest absolute Gasteiger partial charge is 0.435 e. The molecule has 3 aliphatic rings. The van der Waals surface area contributed by atoms with Crippen molar-refractivity contribution in [3.8, 4) is 11.1 Å². The number of fused-ring (bicyclic) bond motifs is 4. The van der Waals surface area contributed by atoms with Crippen LogP contribution < -0.4 is 20.9 Å². The molecule has 9 rings (SSSR count). The second kappa shape index (κ2) is 14.9. The van der Waals surface area contributed by atoms with Gasteiger partial charge in [-0.3, -0.25) is 19.3 Å². The standard InChI is InChI=1S/C41H31F8N9O2S/c42-22-13-20(14-23(43)17-22)15-30(52-32(59)19-58-36-33(35(55-58)41(47,48)49)25-2-3-28(25)40(36,45)46)34-26(21-1-4-29(44)27(16-21)37(50)60)18-31-38(53-34)54-39(61-31)57-11-9-56(10-12-57)24-5-7-51-8-6-24/h1-8,13-14,16-18,25,28,30H,9-12,15,19H2,(H2,50,60)(H,52,59)/t25-,28+,30-/m0/s1. The fourth-order valence-electron chi connectivity index (χ4n) is 8.23. The average Bonchev–Trinajstić information content (AvgIpc) is 3.82. The molecule has 1 fully saturated rings. The van der Waals surface area contributed by atoms with Crippen LogP contribution in [0.25, 0.3) is 21.5 Å². The SMILES string of the molecule is NC(=O)c1cc(-c2cc3sc(N4CCN(c5ccncc5)CC4)nc3nc2[C@H](Cc2cc(F)cc(F)c2)NC(=O)Cn2nc(C(F)(F)F)c3c2C(F)(F)[C@@H]2C=C[C@H]32)ccc1F. The van der Waals surface area contributed by atoms with E-state index in [9.17, 15) is 35.9 Å². The maximum Gasteiger partial charge on any atom is 0.435 e. The van der Waals surface area contributed by atoms with Crippen molar-refractivity contribution in [2.24, 2.45) is 11.7 Å². The zero-order valence-electron chi connectivity index (χ0n) is 31.4. The van der Waals surface area contributed by atoms with Gasteiger partial charge in [0.25, 0.3) is 11.8 Å². The number of anilines is 2. The number of piperazine rings is 1. The van der Waals surface area contributed by atoms with Crippen molar-refractivity contribution in [1.82, 2.24) is 30.0 Å². The van der Waals surface area contributed by atoms with Crippen molar-refractivity contribution in [3.05, 3.63) is 130 Å². The van der Waals surface area contributed by atoms with E-state index in [0.29, 0.717) is 46.8 Å². The van der Waals surface area contributed by atoms with Crippen LogP contribution in [0.3, 0.4) is 0 Å². The highest BCUT2D eigenvalue weighted by Gasteiger charge is 2.61. The summed E-state index contributed by atoms with van der Waals surface area (Å²) in [7, 11) is 0. The minimum atomic E-state index is -5.11. The second-order valence-electron chi connectivity index (χ2n) is 14.9. The van der Waals surface area contributed by atoms with Gasteiger partial charge in [-0.25, -0.2) is 18.2 Å². The van der Waals surface area contributed by atoms with Gasteiger partial charge in [-0.2, -0.15) is 32.0 Å². The number of thiazole rings is 1. The lowest BCUT2D eigenvalue weighted by Gasteiger charge is -2.35. The molecule has 3 atom stereocenters. The Balaban J connectivity index is 1.12. The molecule has 6 aromatic rings. The van der Waals surface area contributed by atoms with Gasteiger partial charge in [-0.05, 0) is 60.0 Å². The third-order valence-corrected chi connectivity index (χ3v) is 12.1. The summed E-state index contributed by atoms with van der Waals surface area (Å²) in [6.45, 7) is 1.36. The van der Waals surface area contributed by atoms with Gasteiger partial charge in [0.1, 0.15) is 29.7 Å². The van der Waals surface area contributed by atoms with Gasteiger partial charge in [0.15, 0.2) is 16.5 Å². The molecule has 0 unspecified atom stereocenters. The molecule has 2 amide bonds. The smallest absolute Gasteiger partial charge is 0.368 e. The summed E-state index contributed by atoms with van der Waals surface area (Å²) in [6, 6.07) is 10.2. The number of carbonyl (C=O) groups is 2. The lowest BCUT2D eigenvalue weighted by atomic mass is 9.81. The number of halogens is 8. The van der Waals surface area contributed by atoms with Gasteiger partial charge in [-0.15, -0.1) is 0 Å². The average molecular weight is 866 g/mol. The number of pyridine rings is 2. The van der Waals surface area contributed by atoms with Crippen LogP contribution in [0.15, 0.2) is 79.1 Å². The highest BCUT2D eigenvalue weighted by atomic mass is 32.1. The predicted octanol–water partition coefficient (Wildman–Crippen LogP) is 7.29. The maximum absolute atomic E-state index is 15.6. The number of alkyl halides is 5. The molecule has 3 N–H and O–H groups in total. The molecule has 61 heavy (non-hydrogen) atoms. The Labute approximate surface area is 344 Å². The molecular weight excluding hydrogens is 835 g/mol. The summed E-state index contributed by atoms with van der Waals surface area (Å²) in [6.07, 6.45) is 0.246. The van der Waals surface area contributed by atoms with Crippen molar-refractivity contribution >= 4 is 44.3 Å². The van der Waals surface area contributed by atoms with Gasteiger partial charge < -0.3 is 20.9 Å². The van der Waals surface area contributed by atoms with Crippen molar-refractivity contribution in [2.45, 2.75) is 37.0 Å². The predicted molar refractivity (Wildman–Crippen MR) is 207 cm³/mol. The monoisotopic (exact) mass is 865 g/mol. The number of amides is 2. The van der Waals surface area contributed by atoms with Gasteiger partial charge in [-0.1, -0.05) is 29.6 Å². The highest BCUT2D eigenvalue weighted by molar-refractivity contribution is 7.22. The quantitative estimate of drug-likeness (QED) is 0.108. The molecule has 0 radical (unpaired) electrons. The van der Waals surface area contributed by atoms with E-state index in [1.165, 1.54) is 29.5 Å². The first-order valence-electron chi connectivity index (χ1n) is 18.8. The van der Waals surface area contributed by atoms with Crippen LogP contribution in [0.1, 0.15) is 50.5 Å². The van der Waals surface area contributed by atoms with Crippen LogP contribution in [0, 0.1) is 23.4 Å². The van der Waals surface area contributed by atoms with E-state index in [-0.39, 0.29) is 34.5 Å². The van der Waals surface area contributed by atoms with Crippen molar-refractivity contribution in [1.29, 1.82) is 0 Å². The first-order valence-corrected chi connectivity index (χ1v) is 19.7. The number of primary amides is 1. The first-order chi connectivity index (χ1) is 29.0. The van der Waals surface area contributed by atoms with E-state index in [4.69, 9.17) is 15.7 Å². The fraction of sp³-hybridized carbons (Fsp3) is 0.268. The lowest BCUT2D eigenvalue weighted by Crippen LogP contribution is -2.46. The van der Waals surface area contributed by atoms with Gasteiger partial charge >= 0.3 is 6.18 Å². The molecule has 5 heterocycles. The summed E-state index contributed by atoms with van der Waals surface area (Å²) >= 11 is 1.28. The highest BCUT2D eigenvalue weighted by Crippen LogP contribution is 2.60. The Morgan fingerprint density at radius 1 is 0.918 bits per heavy atom. The second-order valence-corrected chi connectivity index (χ2v) is 15.9. The molecule has 1 saturated heterocycles. The molecule has 2 aliphatic carbocycles. The number of rotatable bonds is 10. The molecule has 4 aromatic heterocycles. The molecule has 314 valence electrons. The van der Waals surface area contributed by atoms with Crippen LogP contribution in [-0.2, 0) is 29.9 Å². The van der Waals surface area contributed by atoms with E-state index >= 15 is 8.78 Å². The Morgan fingerprint density at radius 2 is 1.62 bits per heavy atom. The normalized spacial score (nSPS) is 18.5. The maximum atomic E-state index is 15.6. The van der Waals surface area contributed by atoms with Crippen LogP contribution in [-0.4, -0.2) is 62.7 Å². The Kier molecular flexibility index (Phi) is 9.79. The van der Waals surface area contributed by atoms with Gasteiger partial charge in [0.05, 0.1) is 27.9 Å². The van der Waals surface area contributed by atoms with Crippen LogP contribution >= 0.6 is 11.3 Å². The molecular formula is C41H31F8N9O2S. The minimum absolute atomic E-state index is 0.00661. The zero-order chi connectivity index (χ0) is 43.0. The zero-order valence-corrected chi connectivity index (χ0v) is 32.3. The van der Waals surface area contributed by atoms with Crippen molar-refractivity contribution in [2.75, 3.05) is 36.0 Å². The number of benzene rings is 2. The lowest BCUT2D eigenvalue weighted by molar-refractivity contribution is -0.142. The number of nitrogens with zero attached hydrogens (tertiary/aromatic N) is 7. The van der Waals surface area contributed by atoms with Crippen LogP contribution in [0.4, 0.5) is 45.9 Å². The summed E-state index contributed by atoms with van der Waals surface area (Å²) in [5.41, 5.74) is 3.28. The molecule has 11 nitrogen and oxygen atoms in total. The topological polar surface area (TPSA) is 135 Å². The molecule has 0 spiro atoms. The minimum Gasteiger partial charge on any atom is -0.368 e.